The summed E-state index contributed by atoms with van der Waals surface area (Å²) in [5.74, 6) is 0. The molecule has 5 rings (SSSR count). The van der Waals surface area contributed by atoms with Crippen LogP contribution in [0.15, 0.2) is 103 Å². The molecule has 0 spiro atoms. The van der Waals surface area contributed by atoms with Gasteiger partial charge >= 0.3 is 0 Å². The van der Waals surface area contributed by atoms with Gasteiger partial charge in [0.2, 0.25) is 0 Å². The molecule has 5 aromatic rings. The molecule has 0 aliphatic rings. The second kappa shape index (κ2) is 7.84. The van der Waals surface area contributed by atoms with Crippen LogP contribution in [0.2, 0.25) is 10.0 Å². The lowest BCUT2D eigenvalue weighted by Crippen LogP contribution is -2.26. The summed E-state index contributed by atoms with van der Waals surface area (Å²) in [6, 6.07) is 32.5. The van der Waals surface area contributed by atoms with Gasteiger partial charge in [-0.25, -0.2) is 0 Å². The van der Waals surface area contributed by atoms with E-state index in [0.717, 1.165) is 21.3 Å². The largest absolute Gasteiger partial charge is 0.0836 e. The van der Waals surface area contributed by atoms with Crippen LogP contribution in [0.5, 0.6) is 0 Å². The van der Waals surface area contributed by atoms with Gasteiger partial charge in [0.15, 0.2) is 0 Å². The van der Waals surface area contributed by atoms with Crippen LogP contribution in [0.4, 0.5) is 0 Å². The Morgan fingerprint density at radius 3 is 1.57 bits per heavy atom. The highest BCUT2D eigenvalue weighted by Crippen LogP contribution is 2.48. The highest BCUT2D eigenvalue weighted by atomic mass is 35.5. The minimum Gasteiger partial charge on any atom is -0.0836 e. The Labute approximate surface area is 191 Å². The van der Waals surface area contributed by atoms with E-state index >= 15 is 0 Å². The summed E-state index contributed by atoms with van der Waals surface area (Å²) >= 11 is 20.0. The fourth-order valence-electron chi connectivity index (χ4n) is 4.03. The average Bonchev–Trinajstić information content (AvgIpc) is 2.77. The van der Waals surface area contributed by atoms with Gasteiger partial charge in [-0.15, -0.1) is 0 Å². The predicted molar refractivity (Wildman–Crippen MR) is 138 cm³/mol. The van der Waals surface area contributed by atoms with Crippen LogP contribution in [-0.2, 0) is 11.8 Å². The standard InChI is InChI=1S/C26H17Cl2PS/c27-22-11-3-5-13-25(22)29(30,26-14-6-4-12-23(26)28)24-15-7-10-20-16-18-8-1-2-9-19(18)17-21(20)24/h1-17H. The molecule has 0 aliphatic heterocycles. The number of halogens is 2. The lowest BCUT2D eigenvalue weighted by atomic mass is 10.0. The first-order chi connectivity index (χ1) is 14.6. The SMILES string of the molecule is S=P(c1ccccc1Cl)(c1ccccc1Cl)c1cccc2cc3ccccc3cc12. The predicted octanol–water partition coefficient (Wildman–Crippen LogP) is 7.06. The van der Waals surface area contributed by atoms with Crippen molar-refractivity contribution in [1.82, 2.24) is 0 Å². The molecule has 0 saturated heterocycles. The summed E-state index contributed by atoms with van der Waals surface area (Å²) in [5.41, 5.74) is 0. The van der Waals surface area contributed by atoms with Crippen molar-refractivity contribution in [2.45, 2.75) is 0 Å². The van der Waals surface area contributed by atoms with Crippen molar-refractivity contribution in [3.63, 3.8) is 0 Å². The molecule has 0 aliphatic carbocycles. The molecule has 0 fully saturated rings. The van der Waals surface area contributed by atoms with Crippen molar-refractivity contribution in [3.05, 3.63) is 113 Å². The van der Waals surface area contributed by atoms with E-state index < -0.39 is 6.04 Å². The first kappa shape index (κ1) is 19.8. The van der Waals surface area contributed by atoms with Crippen molar-refractivity contribution >= 4 is 78.5 Å². The highest BCUT2D eigenvalue weighted by molar-refractivity contribution is 8.25. The molecule has 0 amide bonds. The van der Waals surface area contributed by atoms with E-state index in [-0.39, 0.29) is 0 Å². The zero-order valence-corrected chi connectivity index (χ0v) is 19.1. The molecule has 0 bridgehead atoms. The van der Waals surface area contributed by atoms with Crippen molar-refractivity contribution in [2.75, 3.05) is 0 Å². The van der Waals surface area contributed by atoms with Gasteiger partial charge in [0.25, 0.3) is 0 Å². The number of hydrogen-bond acceptors (Lipinski definition) is 1. The minimum absolute atomic E-state index is 0.679. The van der Waals surface area contributed by atoms with Crippen molar-refractivity contribution in [2.24, 2.45) is 0 Å². The Bertz CT molecular complexity index is 1410. The quantitative estimate of drug-likeness (QED) is 0.204. The van der Waals surface area contributed by atoms with Crippen LogP contribution >= 0.6 is 29.2 Å². The molecule has 146 valence electrons. The highest BCUT2D eigenvalue weighted by Gasteiger charge is 2.30. The molecule has 4 heteroatoms. The zero-order chi connectivity index (χ0) is 20.7. The molecule has 0 saturated carbocycles. The molecule has 0 nitrogen and oxygen atoms in total. The maximum absolute atomic E-state index is 6.73. The van der Waals surface area contributed by atoms with E-state index in [2.05, 4.69) is 54.6 Å². The Morgan fingerprint density at radius 1 is 0.500 bits per heavy atom. The van der Waals surface area contributed by atoms with Crippen molar-refractivity contribution < 1.29 is 0 Å². The maximum Gasteiger partial charge on any atom is 0.0496 e. The molecule has 0 N–H and O–H groups in total. The second-order valence-electron chi connectivity index (χ2n) is 7.21. The Hall–Kier alpha value is -2.15. The molecule has 0 unspecified atom stereocenters. The average molecular weight is 463 g/mol. The van der Waals surface area contributed by atoms with Crippen molar-refractivity contribution in [3.8, 4) is 0 Å². The summed E-state index contributed by atoms with van der Waals surface area (Å²) in [4.78, 5) is 0. The van der Waals surface area contributed by atoms with Crippen LogP contribution in [0.1, 0.15) is 0 Å². The molecule has 0 radical (unpaired) electrons. The third kappa shape index (κ3) is 3.18. The molecule has 5 aromatic carbocycles. The van der Waals surface area contributed by atoms with Crippen LogP contribution < -0.4 is 15.9 Å². The van der Waals surface area contributed by atoms with Crippen LogP contribution in [0, 0.1) is 0 Å². The van der Waals surface area contributed by atoms with Gasteiger partial charge in [0.05, 0.1) is 0 Å². The number of benzene rings is 5. The smallest absolute Gasteiger partial charge is 0.0496 e. The van der Waals surface area contributed by atoms with E-state index in [1.807, 2.05) is 48.5 Å². The third-order valence-corrected chi connectivity index (χ3v) is 11.3. The van der Waals surface area contributed by atoms with Crippen LogP contribution in [-0.4, -0.2) is 0 Å². The van der Waals surface area contributed by atoms with Gasteiger partial charge in [0.1, 0.15) is 0 Å². The summed E-state index contributed by atoms with van der Waals surface area (Å²) in [5, 5.41) is 9.13. The maximum atomic E-state index is 6.73. The van der Waals surface area contributed by atoms with Gasteiger partial charge in [-0.3, -0.25) is 0 Å². The minimum atomic E-state index is -2.51. The van der Waals surface area contributed by atoms with E-state index in [1.165, 1.54) is 16.2 Å². The molecular weight excluding hydrogens is 446 g/mol. The Balaban J connectivity index is 1.93. The van der Waals surface area contributed by atoms with E-state index in [4.69, 9.17) is 35.0 Å². The molecule has 30 heavy (non-hydrogen) atoms. The number of hydrogen-bond donors (Lipinski definition) is 0. The van der Waals surface area contributed by atoms with Gasteiger partial charge in [-0.1, -0.05) is 114 Å². The number of rotatable bonds is 3. The second-order valence-corrected chi connectivity index (χ2v) is 12.3. The third-order valence-electron chi connectivity index (χ3n) is 5.45. The molecule has 0 atom stereocenters. The molecule has 0 heterocycles. The van der Waals surface area contributed by atoms with Gasteiger partial charge in [-0.05, 0) is 45.8 Å². The van der Waals surface area contributed by atoms with Crippen LogP contribution in [0.25, 0.3) is 21.5 Å². The van der Waals surface area contributed by atoms with Gasteiger partial charge in [-0.2, -0.15) is 0 Å². The number of fused-ring (bicyclic) bond motifs is 2. The van der Waals surface area contributed by atoms with E-state index in [0.29, 0.717) is 10.0 Å². The molecular formula is C26H17Cl2PS. The van der Waals surface area contributed by atoms with E-state index in [9.17, 15) is 0 Å². The summed E-state index contributed by atoms with van der Waals surface area (Å²) in [6.45, 7) is 0. The topological polar surface area (TPSA) is 0 Å². The zero-order valence-electron chi connectivity index (χ0n) is 15.9. The Morgan fingerprint density at radius 2 is 0.967 bits per heavy atom. The summed E-state index contributed by atoms with van der Waals surface area (Å²) in [6.07, 6.45) is 0. The lowest BCUT2D eigenvalue weighted by Gasteiger charge is -2.27. The fraction of sp³-hybridized carbons (Fsp3) is 0. The van der Waals surface area contributed by atoms with Gasteiger partial charge < -0.3 is 0 Å². The lowest BCUT2D eigenvalue weighted by molar-refractivity contribution is 1.74. The summed E-state index contributed by atoms with van der Waals surface area (Å²) in [7, 11) is 0. The Kier molecular flexibility index (Phi) is 5.17. The molecule has 0 aromatic heterocycles. The fourth-order valence-corrected chi connectivity index (χ4v) is 9.74. The van der Waals surface area contributed by atoms with Crippen LogP contribution in [0.3, 0.4) is 0 Å². The first-order valence-electron chi connectivity index (χ1n) is 9.61. The first-order valence-corrected chi connectivity index (χ1v) is 13.2. The van der Waals surface area contributed by atoms with Crippen molar-refractivity contribution in [1.29, 1.82) is 0 Å². The monoisotopic (exact) mass is 462 g/mol. The summed E-state index contributed by atoms with van der Waals surface area (Å²) < 4.78 is 0. The van der Waals surface area contributed by atoms with Gasteiger partial charge in [0, 0.05) is 32.0 Å². The van der Waals surface area contributed by atoms with E-state index in [1.54, 1.807) is 0 Å². The normalized spacial score (nSPS) is 11.8.